The van der Waals surface area contributed by atoms with Gasteiger partial charge in [0, 0.05) is 25.4 Å². The second kappa shape index (κ2) is 9.11. The molecule has 1 heterocycles. The zero-order valence-corrected chi connectivity index (χ0v) is 16.2. The Labute approximate surface area is 172 Å². The first-order valence-corrected chi connectivity index (χ1v) is 9.41. The molecule has 3 rings (SSSR count). The minimum atomic E-state index is -1.10. The Balaban J connectivity index is 1.83. The molecule has 29 heavy (non-hydrogen) atoms. The third kappa shape index (κ3) is 5.16. The maximum atomic E-state index is 14.0. The van der Waals surface area contributed by atoms with Gasteiger partial charge in [-0.3, -0.25) is 4.79 Å². The fraction of sp³-hybridized carbons (Fsp3) is 0.300. The van der Waals surface area contributed by atoms with E-state index in [0.717, 1.165) is 0 Å². The molecule has 2 atom stereocenters. The van der Waals surface area contributed by atoms with Gasteiger partial charge >= 0.3 is 6.09 Å². The van der Waals surface area contributed by atoms with Gasteiger partial charge in [0.05, 0.1) is 29.1 Å². The number of amides is 2. The summed E-state index contributed by atoms with van der Waals surface area (Å²) in [5.41, 5.74) is 7.24. The fourth-order valence-electron chi connectivity index (χ4n) is 3.35. The maximum Gasteiger partial charge on any atom is 0.407 e. The maximum absolute atomic E-state index is 14.0. The van der Waals surface area contributed by atoms with Crippen LogP contribution >= 0.6 is 11.6 Å². The van der Waals surface area contributed by atoms with Crippen molar-refractivity contribution in [1.82, 2.24) is 4.90 Å². The van der Waals surface area contributed by atoms with Crippen molar-refractivity contribution >= 4 is 35.0 Å². The molecule has 0 aliphatic carbocycles. The Hall–Kier alpha value is -2.84. The van der Waals surface area contributed by atoms with E-state index in [-0.39, 0.29) is 37.0 Å². The molecule has 2 amide bonds. The predicted octanol–water partition coefficient (Wildman–Crippen LogP) is 3.76. The highest BCUT2D eigenvalue weighted by Gasteiger charge is 2.33. The Bertz CT molecular complexity index is 911. The summed E-state index contributed by atoms with van der Waals surface area (Å²) in [5, 5.41) is 12.1. The third-order valence-electron chi connectivity index (χ3n) is 4.77. The molecule has 154 valence electrons. The molecule has 1 fully saturated rings. The lowest BCUT2D eigenvalue weighted by molar-refractivity contribution is -0.118. The average Bonchev–Trinajstić information content (AvgIpc) is 2.88. The lowest BCUT2D eigenvalue weighted by Crippen LogP contribution is -2.36. The van der Waals surface area contributed by atoms with Crippen molar-refractivity contribution < 1.29 is 23.8 Å². The molecule has 9 heteroatoms. The van der Waals surface area contributed by atoms with Gasteiger partial charge < -0.3 is 25.8 Å². The number of anilines is 2. The summed E-state index contributed by atoms with van der Waals surface area (Å²) >= 11 is 5.76. The van der Waals surface area contributed by atoms with Gasteiger partial charge in [-0.05, 0) is 29.8 Å². The Morgan fingerprint density at radius 2 is 2.07 bits per heavy atom. The number of benzene rings is 2. The minimum Gasteiger partial charge on any atom is -0.465 e. The van der Waals surface area contributed by atoms with Gasteiger partial charge in [0.2, 0.25) is 5.91 Å². The molecule has 0 spiro atoms. The lowest BCUT2D eigenvalue weighted by Gasteiger charge is -2.26. The highest BCUT2D eigenvalue weighted by Crippen LogP contribution is 2.33. The van der Waals surface area contributed by atoms with Gasteiger partial charge in [-0.25, -0.2) is 9.18 Å². The summed E-state index contributed by atoms with van der Waals surface area (Å²) in [6, 6.07) is 11.1. The van der Waals surface area contributed by atoms with Crippen LogP contribution < -0.4 is 11.1 Å². The molecular formula is C20H21ClFN3O4. The number of carboxylic acid groups (broad SMARTS) is 1. The van der Waals surface area contributed by atoms with Crippen LogP contribution in [0.4, 0.5) is 20.6 Å². The number of ether oxygens (including phenoxy) is 1. The van der Waals surface area contributed by atoms with Crippen LogP contribution in [0.15, 0.2) is 42.5 Å². The third-order valence-corrected chi connectivity index (χ3v) is 5.07. The number of halogens is 2. The second-order valence-electron chi connectivity index (χ2n) is 6.79. The topological polar surface area (TPSA) is 105 Å². The molecule has 4 N–H and O–H groups in total. The number of para-hydroxylation sites is 2. The van der Waals surface area contributed by atoms with E-state index in [4.69, 9.17) is 22.1 Å². The van der Waals surface area contributed by atoms with Crippen molar-refractivity contribution in [3.05, 3.63) is 58.9 Å². The van der Waals surface area contributed by atoms with Gasteiger partial charge in [-0.1, -0.05) is 29.8 Å². The molecule has 0 radical (unpaired) electrons. The minimum absolute atomic E-state index is 0.0246. The number of rotatable bonds is 4. The van der Waals surface area contributed by atoms with Crippen LogP contribution in [-0.4, -0.2) is 41.7 Å². The molecule has 0 aromatic heterocycles. The van der Waals surface area contributed by atoms with E-state index in [1.54, 1.807) is 30.3 Å². The standard InChI is InChI=1S/C20H21ClFN3O4/c21-14-6-5-12(9-15(14)22)19-13(11-25(20(27)28)7-8-29-19)10-18(26)24-17-4-2-1-3-16(17)23/h1-6,9,13,19H,7-8,10-11,23H2,(H,24,26)(H,27,28)/t13-,19+/m1/s1. The Morgan fingerprint density at radius 3 is 2.76 bits per heavy atom. The molecule has 7 nitrogen and oxygen atoms in total. The molecule has 1 saturated heterocycles. The van der Waals surface area contributed by atoms with E-state index in [1.165, 1.54) is 17.0 Å². The number of hydrogen-bond acceptors (Lipinski definition) is 4. The van der Waals surface area contributed by atoms with E-state index < -0.39 is 23.9 Å². The van der Waals surface area contributed by atoms with Crippen LogP contribution in [0.25, 0.3) is 0 Å². The number of nitrogen functional groups attached to an aromatic ring is 1. The number of hydrogen-bond donors (Lipinski definition) is 3. The summed E-state index contributed by atoms with van der Waals surface area (Å²) in [7, 11) is 0. The van der Waals surface area contributed by atoms with Gasteiger partial charge in [-0.15, -0.1) is 0 Å². The molecule has 2 aromatic carbocycles. The van der Waals surface area contributed by atoms with Gasteiger partial charge in [0.15, 0.2) is 0 Å². The quantitative estimate of drug-likeness (QED) is 0.652. The largest absolute Gasteiger partial charge is 0.465 e. The lowest BCUT2D eigenvalue weighted by atomic mass is 9.91. The van der Waals surface area contributed by atoms with E-state index >= 15 is 0 Å². The smallest absolute Gasteiger partial charge is 0.407 e. The highest BCUT2D eigenvalue weighted by atomic mass is 35.5. The zero-order valence-electron chi connectivity index (χ0n) is 15.5. The van der Waals surface area contributed by atoms with Crippen molar-refractivity contribution in [2.24, 2.45) is 5.92 Å². The van der Waals surface area contributed by atoms with Crippen LogP contribution in [0.1, 0.15) is 18.1 Å². The summed E-state index contributed by atoms with van der Waals surface area (Å²) in [6.07, 6.45) is -1.80. The van der Waals surface area contributed by atoms with Crippen LogP contribution in [0.2, 0.25) is 5.02 Å². The molecule has 1 aliphatic rings. The predicted molar refractivity (Wildman–Crippen MR) is 107 cm³/mol. The monoisotopic (exact) mass is 421 g/mol. The Kier molecular flexibility index (Phi) is 6.56. The summed E-state index contributed by atoms with van der Waals surface area (Å²) in [5.74, 6) is -1.48. The van der Waals surface area contributed by atoms with Gasteiger partial charge in [0.1, 0.15) is 5.82 Å². The number of carbonyl (C=O) groups is 2. The van der Waals surface area contributed by atoms with E-state index in [9.17, 15) is 19.1 Å². The second-order valence-corrected chi connectivity index (χ2v) is 7.20. The van der Waals surface area contributed by atoms with Crippen molar-refractivity contribution in [2.75, 3.05) is 30.7 Å². The number of nitrogens with zero attached hydrogens (tertiary/aromatic N) is 1. The van der Waals surface area contributed by atoms with Gasteiger partial charge in [-0.2, -0.15) is 0 Å². The van der Waals surface area contributed by atoms with Crippen LogP contribution in [0, 0.1) is 11.7 Å². The highest BCUT2D eigenvalue weighted by molar-refractivity contribution is 6.30. The van der Waals surface area contributed by atoms with Gasteiger partial charge in [0.25, 0.3) is 0 Å². The normalized spacial score (nSPS) is 19.4. The molecule has 0 bridgehead atoms. The van der Waals surface area contributed by atoms with E-state index in [2.05, 4.69) is 5.32 Å². The number of nitrogens with one attached hydrogen (secondary N) is 1. The van der Waals surface area contributed by atoms with E-state index in [0.29, 0.717) is 16.9 Å². The van der Waals surface area contributed by atoms with Crippen molar-refractivity contribution in [3.8, 4) is 0 Å². The molecular weight excluding hydrogens is 401 g/mol. The molecule has 1 aliphatic heterocycles. The first-order valence-electron chi connectivity index (χ1n) is 9.04. The fourth-order valence-corrected chi connectivity index (χ4v) is 3.47. The number of nitrogens with two attached hydrogens (primary N) is 1. The van der Waals surface area contributed by atoms with E-state index in [1.807, 2.05) is 0 Å². The number of carbonyl (C=O) groups excluding carboxylic acids is 1. The summed E-state index contributed by atoms with van der Waals surface area (Å²) < 4.78 is 19.8. The van der Waals surface area contributed by atoms with Crippen molar-refractivity contribution in [2.45, 2.75) is 12.5 Å². The van der Waals surface area contributed by atoms with Crippen molar-refractivity contribution in [1.29, 1.82) is 0 Å². The van der Waals surface area contributed by atoms with Crippen LogP contribution in [-0.2, 0) is 9.53 Å². The molecule has 0 saturated carbocycles. The summed E-state index contributed by atoms with van der Waals surface area (Å²) in [6.45, 7) is 0.360. The zero-order chi connectivity index (χ0) is 21.0. The first kappa shape index (κ1) is 20.9. The van der Waals surface area contributed by atoms with Crippen LogP contribution in [0.3, 0.4) is 0 Å². The SMILES string of the molecule is Nc1ccccc1NC(=O)C[C@@H]1CN(C(=O)O)CCO[C@H]1c1ccc(Cl)c(F)c1. The van der Waals surface area contributed by atoms with Crippen molar-refractivity contribution in [3.63, 3.8) is 0 Å². The summed E-state index contributed by atoms with van der Waals surface area (Å²) in [4.78, 5) is 25.3. The Morgan fingerprint density at radius 1 is 1.31 bits per heavy atom. The van der Waals surface area contributed by atoms with Crippen LogP contribution in [0.5, 0.6) is 0 Å². The molecule has 2 aromatic rings. The molecule has 0 unspecified atom stereocenters. The average molecular weight is 422 g/mol. The first-order chi connectivity index (χ1) is 13.8.